The highest BCUT2D eigenvalue weighted by Gasteiger charge is 2.27. The number of amides is 1. The molecule has 0 spiro atoms. The molecule has 7 heteroatoms. The highest BCUT2D eigenvalue weighted by molar-refractivity contribution is 7.89. The van der Waals surface area contributed by atoms with E-state index in [9.17, 15) is 13.2 Å². The Morgan fingerprint density at radius 3 is 2.43 bits per heavy atom. The third kappa shape index (κ3) is 5.13. The van der Waals surface area contributed by atoms with Gasteiger partial charge in [0.1, 0.15) is 0 Å². The number of benzene rings is 1. The Morgan fingerprint density at radius 1 is 1.07 bits per heavy atom. The fraction of sp³-hybridized carbons (Fsp3) is 0.667. The molecule has 0 unspecified atom stereocenters. The first-order valence-electron chi connectivity index (χ1n) is 10.6. The number of likely N-dealkylation sites (tertiary alicyclic amines) is 1. The van der Waals surface area contributed by atoms with Crippen molar-refractivity contribution in [1.82, 2.24) is 14.5 Å². The Bertz CT molecular complexity index is 743. The van der Waals surface area contributed by atoms with E-state index in [1.807, 2.05) is 0 Å². The van der Waals surface area contributed by atoms with E-state index in [4.69, 9.17) is 0 Å². The molecular formula is C21H33N3O3S. The third-order valence-electron chi connectivity index (χ3n) is 5.95. The van der Waals surface area contributed by atoms with Gasteiger partial charge in [-0.1, -0.05) is 13.3 Å². The van der Waals surface area contributed by atoms with Crippen molar-refractivity contribution in [2.24, 2.45) is 0 Å². The van der Waals surface area contributed by atoms with Crippen LogP contribution in [0.4, 0.5) is 0 Å². The summed E-state index contributed by atoms with van der Waals surface area (Å²) in [5.74, 6) is -0.143. The lowest BCUT2D eigenvalue weighted by molar-refractivity contribution is 0.0947. The second-order valence-corrected chi connectivity index (χ2v) is 9.78. The molecule has 3 rings (SSSR count). The lowest BCUT2D eigenvalue weighted by Crippen LogP contribution is -2.40. The summed E-state index contributed by atoms with van der Waals surface area (Å²) >= 11 is 0. The zero-order chi connectivity index (χ0) is 20.0. The van der Waals surface area contributed by atoms with Gasteiger partial charge in [0.05, 0.1) is 4.90 Å². The summed E-state index contributed by atoms with van der Waals surface area (Å²) in [6.45, 7) is 6.24. The number of piperidine rings is 1. The number of hydrogen-bond donors (Lipinski definition) is 1. The smallest absolute Gasteiger partial charge is 0.251 e. The Balaban J connectivity index is 1.47. The predicted octanol–water partition coefficient (Wildman–Crippen LogP) is 2.86. The second-order valence-electron chi connectivity index (χ2n) is 7.84. The van der Waals surface area contributed by atoms with E-state index in [-0.39, 0.29) is 10.8 Å². The van der Waals surface area contributed by atoms with Gasteiger partial charge < -0.3 is 10.2 Å². The van der Waals surface area contributed by atoms with Crippen LogP contribution in [0.3, 0.4) is 0 Å². The Labute approximate surface area is 169 Å². The number of hydrogen-bond acceptors (Lipinski definition) is 4. The summed E-state index contributed by atoms with van der Waals surface area (Å²) in [5.41, 5.74) is 0.504. The molecule has 1 aromatic carbocycles. The molecule has 1 atom stereocenters. The van der Waals surface area contributed by atoms with Crippen molar-refractivity contribution in [2.45, 2.75) is 62.8 Å². The normalized spacial score (nSPS) is 21.7. The van der Waals surface area contributed by atoms with Crippen LogP contribution in [0, 0.1) is 0 Å². The summed E-state index contributed by atoms with van der Waals surface area (Å²) in [5, 5.41) is 2.96. The Morgan fingerprint density at radius 2 is 1.75 bits per heavy atom. The van der Waals surface area contributed by atoms with Gasteiger partial charge in [0.15, 0.2) is 0 Å². The SMILES string of the molecule is CC[C@@H]1CCCCN1CCCNC(=O)c1ccc(S(=O)(=O)N2CCCC2)cc1. The molecule has 156 valence electrons. The quantitative estimate of drug-likeness (QED) is 0.673. The van der Waals surface area contributed by atoms with Crippen LogP contribution in [0.25, 0.3) is 0 Å². The van der Waals surface area contributed by atoms with Crippen molar-refractivity contribution in [3.8, 4) is 0 Å². The van der Waals surface area contributed by atoms with Gasteiger partial charge in [-0.15, -0.1) is 0 Å². The topological polar surface area (TPSA) is 69.7 Å². The van der Waals surface area contributed by atoms with Gasteiger partial charge in [-0.3, -0.25) is 4.79 Å². The summed E-state index contributed by atoms with van der Waals surface area (Å²) in [7, 11) is -3.43. The molecule has 2 saturated heterocycles. The van der Waals surface area contributed by atoms with Gasteiger partial charge in [-0.05, 0) is 69.3 Å². The molecular weight excluding hydrogens is 374 g/mol. The average molecular weight is 408 g/mol. The zero-order valence-electron chi connectivity index (χ0n) is 16.9. The Hall–Kier alpha value is -1.44. The number of carbonyl (C=O) groups excluding carboxylic acids is 1. The Kier molecular flexibility index (Phi) is 7.48. The lowest BCUT2D eigenvalue weighted by atomic mass is 10.00. The summed E-state index contributed by atoms with van der Waals surface area (Å²) in [6.07, 6.45) is 7.84. The molecule has 2 aliphatic heterocycles. The van der Waals surface area contributed by atoms with Crippen molar-refractivity contribution >= 4 is 15.9 Å². The molecule has 0 saturated carbocycles. The molecule has 0 bridgehead atoms. The minimum Gasteiger partial charge on any atom is -0.352 e. The van der Waals surface area contributed by atoms with Gasteiger partial charge in [0.25, 0.3) is 5.91 Å². The number of nitrogens with zero attached hydrogens (tertiary/aromatic N) is 2. The van der Waals surface area contributed by atoms with E-state index in [1.54, 1.807) is 24.3 Å². The summed E-state index contributed by atoms with van der Waals surface area (Å²) in [4.78, 5) is 15.2. The fourth-order valence-corrected chi connectivity index (χ4v) is 5.78. The van der Waals surface area contributed by atoms with Gasteiger partial charge in [-0.25, -0.2) is 8.42 Å². The molecule has 1 N–H and O–H groups in total. The maximum atomic E-state index is 12.5. The average Bonchev–Trinajstić information content (AvgIpc) is 3.27. The molecule has 2 heterocycles. The van der Waals surface area contributed by atoms with E-state index in [2.05, 4.69) is 17.1 Å². The molecule has 1 amide bonds. The first-order valence-corrected chi connectivity index (χ1v) is 12.1. The third-order valence-corrected chi connectivity index (χ3v) is 7.86. The molecule has 28 heavy (non-hydrogen) atoms. The van der Waals surface area contributed by atoms with E-state index in [0.717, 1.165) is 25.8 Å². The van der Waals surface area contributed by atoms with Gasteiger partial charge in [0.2, 0.25) is 10.0 Å². The van der Waals surface area contributed by atoms with E-state index in [0.29, 0.717) is 31.2 Å². The van der Waals surface area contributed by atoms with Gasteiger partial charge in [0, 0.05) is 37.8 Å². The van der Waals surface area contributed by atoms with Crippen LogP contribution < -0.4 is 5.32 Å². The van der Waals surface area contributed by atoms with Gasteiger partial charge >= 0.3 is 0 Å². The largest absolute Gasteiger partial charge is 0.352 e. The first kappa shape index (κ1) is 21.3. The van der Waals surface area contributed by atoms with Crippen molar-refractivity contribution in [1.29, 1.82) is 0 Å². The summed E-state index contributed by atoms with van der Waals surface area (Å²) in [6, 6.07) is 6.99. The molecule has 2 fully saturated rings. The van der Waals surface area contributed by atoms with Crippen LogP contribution in [0.5, 0.6) is 0 Å². The number of carbonyl (C=O) groups is 1. The maximum Gasteiger partial charge on any atom is 0.251 e. The molecule has 0 aromatic heterocycles. The number of sulfonamides is 1. The standard InChI is InChI=1S/C21H33N3O3S/c1-2-19-8-3-4-14-23(19)15-7-13-22-21(25)18-9-11-20(12-10-18)28(26,27)24-16-5-6-17-24/h9-12,19H,2-8,13-17H2,1H3,(H,22,25)/t19-/m1/s1. The molecule has 0 aliphatic carbocycles. The van der Waals surface area contributed by atoms with Crippen LogP contribution in [-0.4, -0.2) is 62.3 Å². The van der Waals surface area contributed by atoms with Crippen LogP contribution in [-0.2, 0) is 10.0 Å². The first-order chi connectivity index (χ1) is 13.5. The number of rotatable bonds is 8. The maximum absolute atomic E-state index is 12.5. The zero-order valence-corrected chi connectivity index (χ0v) is 17.7. The van der Waals surface area contributed by atoms with Crippen molar-refractivity contribution < 1.29 is 13.2 Å². The van der Waals surface area contributed by atoms with Crippen LogP contribution in [0.1, 0.15) is 62.2 Å². The van der Waals surface area contributed by atoms with E-state index in [1.165, 1.54) is 36.5 Å². The molecule has 0 radical (unpaired) electrons. The van der Waals surface area contributed by atoms with E-state index < -0.39 is 10.0 Å². The van der Waals surface area contributed by atoms with Crippen LogP contribution in [0.2, 0.25) is 0 Å². The van der Waals surface area contributed by atoms with Crippen molar-refractivity contribution in [3.05, 3.63) is 29.8 Å². The van der Waals surface area contributed by atoms with E-state index >= 15 is 0 Å². The lowest BCUT2D eigenvalue weighted by Gasteiger charge is -2.35. The fourth-order valence-electron chi connectivity index (χ4n) is 4.26. The predicted molar refractivity (Wildman–Crippen MR) is 111 cm³/mol. The van der Waals surface area contributed by atoms with Crippen molar-refractivity contribution in [2.75, 3.05) is 32.7 Å². The van der Waals surface area contributed by atoms with Crippen LogP contribution in [0.15, 0.2) is 29.2 Å². The minimum atomic E-state index is -3.43. The van der Waals surface area contributed by atoms with Crippen molar-refractivity contribution in [3.63, 3.8) is 0 Å². The molecule has 6 nitrogen and oxygen atoms in total. The molecule has 1 aromatic rings. The monoisotopic (exact) mass is 407 g/mol. The van der Waals surface area contributed by atoms with Gasteiger partial charge in [-0.2, -0.15) is 4.31 Å². The summed E-state index contributed by atoms with van der Waals surface area (Å²) < 4.78 is 26.6. The highest BCUT2D eigenvalue weighted by atomic mass is 32.2. The highest BCUT2D eigenvalue weighted by Crippen LogP contribution is 2.21. The minimum absolute atomic E-state index is 0.143. The molecule has 2 aliphatic rings. The van der Waals surface area contributed by atoms with Crippen LogP contribution >= 0.6 is 0 Å². The second kappa shape index (κ2) is 9.85. The number of nitrogens with one attached hydrogen (secondary N) is 1.